The van der Waals surface area contributed by atoms with E-state index in [-0.39, 0.29) is 5.54 Å². The Morgan fingerprint density at radius 1 is 1.50 bits per heavy atom. The number of anilines is 2. The number of ether oxygens (including phenoxy) is 1. The first-order valence-corrected chi connectivity index (χ1v) is 6.25. The van der Waals surface area contributed by atoms with Gasteiger partial charge in [0.2, 0.25) is 0 Å². The Bertz CT molecular complexity index is 557. The fourth-order valence-electron chi connectivity index (χ4n) is 2.47. The number of rotatable bonds is 2. The molecule has 0 radical (unpaired) electrons. The lowest BCUT2D eigenvalue weighted by molar-refractivity contribution is 0.0541. The van der Waals surface area contributed by atoms with Crippen LogP contribution in [0.25, 0.3) is 10.9 Å². The number of H-pyrrole nitrogens is 1. The average molecular weight is 246 g/mol. The first-order valence-electron chi connectivity index (χ1n) is 6.25. The number of nitrogens with zero attached hydrogens (tertiary/aromatic N) is 1. The first kappa shape index (κ1) is 11.3. The largest absolute Gasteiger partial charge is 0.397 e. The van der Waals surface area contributed by atoms with Crippen LogP contribution in [0.4, 0.5) is 11.4 Å². The van der Waals surface area contributed by atoms with Crippen LogP contribution in [0.5, 0.6) is 0 Å². The Morgan fingerprint density at radius 2 is 2.39 bits per heavy atom. The second-order valence-corrected chi connectivity index (χ2v) is 5.24. The Balaban J connectivity index is 1.91. The monoisotopic (exact) mass is 246 g/mol. The topological polar surface area (TPSA) is 76.0 Å². The number of hydrogen-bond acceptors (Lipinski definition) is 4. The summed E-state index contributed by atoms with van der Waals surface area (Å²) in [5.41, 5.74) is 8.72. The van der Waals surface area contributed by atoms with Gasteiger partial charge < -0.3 is 15.8 Å². The van der Waals surface area contributed by atoms with Crippen LogP contribution < -0.4 is 11.1 Å². The Morgan fingerprint density at radius 3 is 3.17 bits per heavy atom. The molecule has 2 heterocycles. The summed E-state index contributed by atoms with van der Waals surface area (Å²) >= 11 is 0. The Labute approximate surface area is 106 Å². The summed E-state index contributed by atoms with van der Waals surface area (Å²) < 4.78 is 5.55. The van der Waals surface area contributed by atoms with E-state index < -0.39 is 0 Å². The van der Waals surface area contributed by atoms with Crippen molar-refractivity contribution >= 4 is 22.3 Å². The molecule has 4 N–H and O–H groups in total. The van der Waals surface area contributed by atoms with Gasteiger partial charge in [0.15, 0.2) is 0 Å². The SMILES string of the molecule is CC1(Nc2cc3[nH]ncc3cc2N)CCCOC1. The minimum absolute atomic E-state index is 0.0416. The van der Waals surface area contributed by atoms with Gasteiger partial charge in [0.05, 0.1) is 35.2 Å². The third-order valence-corrected chi connectivity index (χ3v) is 3.48. The van der Waals surface area contributed by atoms with Crippen molar-refractivity contribution < 1.29 is 4.74 Å². The molecule has 3 rings (SSSR count). The molecular formula is C13H18N4O. The highest BCUT2D eigenvalue weighted by atomic mass is 16.5. The molecule has 1 saturated heterocycles. The molecule has 5 nitrogen and oxygen atoms in total. The maximum absolute atomic E-state index is 6.08. The van der Waals surface area contributed by atoms with Crippen LogP contribution in [0.2, 0.25) is 0 Å². The number of aromatic nitrogens is 2. The van der Waals surface area contributed by atoms with Gasteiger partial charge in [-0.3, -0.25) is 5.10 Å². The molecule has 0 amide bonds. The second-order valence-electron chi connectivity index (χ2n) is 5.24. The normalized spacial score (nSPS) is 24.3. The van der Waals surface area contributed by atoms with Gasteiger partial charge in [-0.1, -0.05) is 0 Å². The smallest absolute Gasteiger partial charge is 0.0693 e. The molecule has 0 bridgehead atoms. The quantitative estimate of drug-likeness (QED) is 0.709. The fourth-order valence-corrected chi connectivity index (χ4v) is 2.47. The molecule has 0 saturated carbocycles. The van der Waals surface area contributed by atoms with Crippen molar-refractivity contribution in [2.24, 2.45) is 0 Å². The molecule has 0 spiro atoms. The minimum atomic E-state index is -0.0416. The number of nitrogens with two attached hydrogens (primary N) is 1. The summed E-state index contributed by atoms with van der Waals surface area (Å²) in [4.78, 5) is 0. The van der Waals surface area contributed by atoms with Gasteiger partial charge in [-0.15, -0.1) is 0 Å². The molecular weight excluding hydrogens is 228 g/mol. The van der Waals surface area contributed by atoms with Gasteiger partial charge in [-0.2, -0.15) is 5.10 Å². The van der Waals surface area contributed by atoms with Crippen molar-refractivity contribution in [3.05, 3.63) is 18.3 Å². The number of benzene rings is 1. The molecule has 2 aromatic rings. The van der Waals surface area contributed by atoms with Crippen molar-refractivity contribution in [1.29, 1.82) is 0 Å². The number of nitrogens with one attached hydrogen (secondary N) is 2. The highest BCUT2D eigenvalue weighted by Gasteiger charge is 2.27. The van der Waals surface area contributed by atoms with E-state index in [0.717, 1.165) is 41.7 Å². The lowest BCUT2D eigenvalue weighted by Gasteiger charge is -2.35. The summed E-state index contributed by atoms with van der Waals surface area (Å²) in [7, 11) is 0. The number of aromatic amines is 1. The van der Waals surface area contributed by atoms with Crippen molar-refractivity contribution in [3.63, 3.8) is 0 Å². The van der Waals surface area contributed by atoms with Crippen LogP contribution in [-0.4, -0.2) is 29.0 Å². The van der Waals surface area contributed by atoms with Crippen molar-refractivity contribution in [2.75, 3.05) is 24.3 Å². The lowest BCUT2D eigenvalue weighted by Crippen LogP contribution is -2.43. The van der Waals surface area contributed by atoms with Crippen LogP contribution in [0.1, 0.15) is 19.8 Å². The molecule has 1 unspecified atom stereocenters. The molecule has 18 heavy (non-hydrogen) atoms. The summed E-state index contributed by atoms with van der Waals surface area (Å²) in [5, 5.41) is 11.5. The summed E-state index contributed by atoms with van der Waals surface area (Å²) in [5.74, 6) is 0. The van der Waals surface area contributed by atoms with E-state index in [1.54, 1.807) is 6.20 Å². The van der Waals surface area contributed by atoms with E-state index in [1.165, 1.54) is 0 Å². The van der Waals surface area contributed by atoms with Crippen molar-refractivity contribution in [3.8, 4) is 0 Å². The number of nitrogen functional groups attached to an aromatic ring is 1. The van der Waals surface area contributed by atoms with Gasteiger partial charge in [0.1, 0.15) is 0 Å². The molecule has 1 aromatic carbocycles. The summed E-state index contributed by atoms with van der Waals surface area (Å²) in [6, 6.07) is 3.95. The Kier molecular flexibility index (Phi) is 2.63. The predicted octanol–water partition coefficient (Wildman–Crippen LogP) is 2.13. The molecule has 1 aromatic heterocycles. The predicted molar refractivity (Wildman–Crippen MR) is 72.6 cm³/mol. The van der Waals surface area contributed by atoms with Gasteiger partial charge >= 0.3 is 0 Å². The number of hydrogen-bond donors (Lipinski definition) is 3. The second kappa shape index (κ2) is 4.17. The van der Waals surface area contributed by atoms with E-state index in [0.29, 0.717) is 6.61 Å². The molecule has 1 aliphatic heterocycles. The molecule has 96 valence electrons. The molecule has 1 aliphatic rings. The van der Waals surface area contributed by atoms with Gasteiger partial charge in [0, 0.05) is 12.0 Å². The zero-order valence-corrected chi connectivity index (χ0v) is 10.5. The standard InChI is InChI=1S/C13H18N4O/c1-13(3-2-4-18-8-13)16-12-6-11-9(5-10(12)14)7-15-17-11/h5-7,16H,2-4,8,14H2,1H3,(H,15,17). The van der Waals surface area contributed by atoms with Gasteiger partial charge in [0.25, 0.3) is 0 Å². The first-order chi connectivity index (χ1) is 8.66. The zero-order chi connectivity index (χ0) is 12.6. The number of fused-ring (bicyclic) bond motifs is 1. The van der Waals surface area contributed by atoms with Gasteiger partial charge in [-0.25, -0.2) is 0 Å². The van der Waals surface area contributed by atoms with E-state index >= 15 is 0 Å². The maximum atomic E-state index is 6.08. The van der Waals surface area contributed by atoms with E-state index in [2.05, 4.69) is 22.4 Å². The average Bonchev–Trinajstić information content (AvgIpc) is 2.77. The molecule has 1 atom stereocenters. The molecule has 1 fully saturated rings. The van der Waals surface area contributed by atoms with Crippen LogP contribution in [0.3, 0.4) is 0 Å². The van der Waals surface area contributed by atoms with Crippen LogP contribution >= 0.6 is 0 Å². The van der Waals surface area contributed by atoms with Crippen LogP contribution in [0.15, 0.2) is 18.3 Å². The maximum Gasteiger partial charge on any atom is 0.0693 e. The summed E-state index contributed by atoms with van der Waals surface area (Å²) in [6.45, 7) is 3.74. The van der Waals surface area contributed by atoms with Crippen molar-refractivity contribution in [1.82, 2.24) is 10.2 Å². The highest BCUT2D eigenvalue weighted by molar-refractivity contribution is 5.88. The zero-order valence-electron chi connectivity index (χ0n) is 10.5. The van der Waals surface area contributed by atoms with E-state index in [4.69, 9.17) is 10.5 Å². The lowest BCUT2D eigenvalue weighted by atomic mass is 9.94. The molecule has 5 heteroatoms. The van der Waals surface area contributed by atoms with E-state index in [1.807, 2.05) is 12.1 Å². The minimum Gasteiger partial charge on any atom is -0.397 e. The third-order valence-electron chi connectivity index (χ3n) is 3.48. The highest BCUT2D eigenvalue weighted by Crippen LogP contribution is 2.30. The summed E-state index contributed by atoms with van der Waals surface area (Å²) in [6.07, 6.45) is 3.95. The Hall–Kier alpha value is -1.75. The van der Waals surface area contributed by atoms with Crippen LogP contribution in [0, 0.1) is 0 Å². The fraction of sp³-hybridized carbons (Fsp3) is 0.462. The van der Waals surface area contributed by atoms with Crippen LogP contribution in [-0.2, 0) is 4.74 Å². The van der Waals surface area contributed by atoms with E-state index in [9.17, 15) is 0 Å². The van der Waals surface area contributed by atoms with Crippen molar-refractivity contribution in [2.45, 2.75) is 25.3 Å². The van der Waals surface area contributed by atoms with Gasteiger partial charge in [-0.05, 0) is 31.9 Å². The molecule has 0 aliphatic carbocycles. The third kappa shape index (κ3) is 2.01.